The van der Waals surface area contributed by atoms with Crippen LogP contribution in [0.3, 0.4) is 0 Å². The molecule has 24 heavy (non-hydrogen) atoms. The minimum atomic E-state index is -0.251. The smallest absolute Gasteiger partial charge is 0.220 e. The molecule has 0 spiro atoms. The van der Waals surface area contributed by atoms with E-state index in [1.807, 2.05) is 6.92 Å². The number of hydrogen-bond acceptors (Lipinski definition) is 4. The molecule has 0 aliphatic heterocycles. The molecule has 0 atom stereocenters. The van der Waals surface area contributed by atoms with E-state index in [1.54, 1.807) is 24.3 Å². The maximum Gasteiger partial charge on any atom is 0.220 e. The molecule has 1 aromatic rings. The fourth-order valence-corrected chi connectivity index (χ4v) is 3.07. The molecule has 0 radical (unpaired) electrons. The summed E-state index contributed by atoms with van der Waals surface area (Å²) in [4.78, 5) is 24.3. The Bertz CT molecular complexity index is 540. The quantitative estimate of drug-likeness (QED) is 0.703. The molecule has 1 aliphatic carbocycles. The van der Waals surface area contributed by atoms with Gasteiger partial charge in [0.15, 0.2) is 5.78 Å². The van der Waals surface area contributed by atoms with Crippen molar-refractivity contribution in [2.75, 3.05) is 13.2 Å². The highest BCUT2D eigenvalue weighted by atomic mass is 35.5. The number of hydrogen-bond donors (Lipinski definition) is 2. The van der Waals surface area contributed by atoms with Crippen LogP contribution in [-0.2, 0) is 4.79 Å². The lowest BCUT2D eigenvalue weighted by atomic mass is 9.97. The molecular weight excluding hydrogens is 328 g/mol. The number of nitrogens with two attached hydrogens (primary N) is 1. The Kier molecular flexibility index (Phi) is 8.22. The predicted octanol–water partition coefficient (Wildman–Crippen LogP) is 2.86. The van der Waals surface area contributed by atoms with Gasteiger partial charge in [-0.1, -0.05) is 12.8 Å². The van der Waals surface area contributed by atoms with Gasteiger partial charge in [-0.3, -0.25) is 9.59 Å². The summed E-state index contributed by atoms with van der Waals surface area (Å²) < 4.78 is 5.35. The highest BCUT2D eigenvalue weighted by molar-refractivity contribution is 5.98. The highest BCUT2D eigenvalue weighted by Crippen LogP contribution is 2.28. The van der Waals surface area contributed by atoms with Crippen LogP contribution in [0.5, 0.6) is 5.75 Å². The number of carbonyl (C=O) groups excluding carboxylic acids is 2. The van der Waals surface area contributed by atoms with Crippen LogP contribution in [0.2, 0.25) is 0 Å². The van der Waals surface area contributed by atoms with E-state index in [-0.39, 0.29) is 42.5 Å². The third-order valence-corrected chi connectivity index (χ3v) is 4.42. The van der Waals surface area contributed by atoms with Crippen LogP contribution in [-0.4, -0.2) is 30.4 Å². The largest absolute Gasteiger partial charge is 0.494 e. The van der Waals surface area contributed by atoms with Crippen LogP contribution in [0.25, 0.3) is 0 Å². The van der Waals surface area contributed by atoms with Crippen molar-refractivity contribution < 1.29 is 14.3 Å². The van der Waals surface area contributed by atoms with E-state index in [4.69, 9.17) is 10.5 Å². The summed E-state index contributed by atoms with van der Waals surface area (Å²) in [5.41, 5.74) is 6.17. The Balaban J connectivity index is 0.00000288. The lowest BCUT2D eigenvalue weighted by Gasteiger charge is -2.28. The zero-order valence-corrected chi connectivity index (χ0v) is 15.0. The van der Waals surface area contributed by atoms with Gasteiger partial charge in [-0.05, 0) is 44.0 Å². The van der Waals surface area contributed by atoms with Crippen LogP contribution in [0, 0.1) is 0 Å². The number of ether oxygens (including phenoxy) is 1. The number of ketones is 1. The number of rotatable bonds is 8. The summed E-state index contributed by atoms with van der Waals surface area (Å²) in [6.45, 7) is 2.97. The second-order valence-corrected chi connectivity index (χ2v) is 6.12. The minimum Gasteiger partial charge on any atom is -0.494 e. The van der Waals surface area contributed by atoms with Crippen molar-refractivity contribution in [3.05, 3.63) is 29.8 Å². The Hall–Kier alpha value is -1.59. The Morgan fingerprint density at radius 2 is 1.79 bits per heavy atom. The molecular formula is C18H27ClN2O3. The number of carbonyl (C=O) groups is 2. The third-order valence-electron chi connectivity index (χ3n) is 4.42. The van der Waals surface area contributed by atoms with Gasteiger partial charge in [-0.2, -0.15) is 0 Å². The van der Waals surface area contributed by atoms with Gasteiger partial charge in [-0.15, -0.1) is 12.4 Å². The summed E-state index contributed by atoms with van der Waals surface area (Å²) in [7, 11) is 0. The van der Waals surface area contributed by atoms with E-state index in [2.05, 4.69) is 5.32 Å². The van der Waals surface area contributed by atoms with E-state index in [0.29, 0.717) is 18.7 Å². The molecule has 0 unspecified atom stereocenters. The Morgan fingerprint density at radius 3 is 2.33 bits per heavy atom. The molecule has 6 heteroatoms. The van der Waals surface area contributed by atoms with Crippen LogP contribution in [0.15, 0.2) is 24.3 Å². The van der Waals surface area contributed by atoms with Crippen molar-refractivity contribution in [2.45, 2.75) is 51.0 Å². The number of halogens is 1. The van der Waals surface area contributed by atoms with E-state index >= 15 is 0 Å². The summed E-state index contributed by atoms with van der Waals surface area (Å²) in [5, 5.41) is 3.04. The summed E-state index contributed by atoms with van der Waals surface area (Å²) in [6.07, 6.45) is 4.48. The van der Waals surface area contributed by atoms with Crippen molar-refractivity contribution in [3.63, 3.8) is 0 Å². The summed E-state index contributed by atoms with van der Waals surface area (Å²) in [6, 6.07) is 7.03. The Labute approximate surface area is 149 Å². The summed E-state index contributed by atoms with van der Waals surface area (Å²) >= 11 is 0. The van der Waals surface area contributed by atoms with Crippen LogP contribution in [0.4, 0.5) is 0 Å². The zero-order chi connectivity index (χ0) is 16.7. The van der Waals surface area contributed by atoms with Gasteiger partial charge < -0.3 is 15.8 Å². The average molecular weight is 355 g/mol. The maximum absolute atomic E-state index is 12.2. The topological polar surface area (TPSA) is 81.4 Å². The fourth-order valence-electron chi connectivity index (χ4n) is 3.07. The van der Waals surface area contributed by atoms with Crippen LogP contribution >= 0.6 is 12.4 Å². The molecule has 5 nitrogen and oxygen atoms in total. The van der Waals surface area contributed by atoms with E-state index in [0.717, 1.165) is 31.4 Å². The van der Waals surface area contributed by atoms with Crippen molar-refractivity contribution in [1.82, 2.24) is 5.32 Å². The van der Waals surface area contributed by atoms with Gasteiger partial charge in [-0.25, -0.2) is 0 Å². The van der Waals surface area contributed by atoms with E-state index < -0.39 is 0 Å². The van der Waals surface area contributed by atoms with E-state index in [1.165, 1.54) is 0 Å². The lowest BCUT2D eigenvalue weighted by molar-refractivity contribution is -0.122. The fraction of sp³-hybridized carbons (Fsp3) is 0.556. The molecule has 1 saturated carbocycles. The van der Waals surface area contributed by atoms with Gasteiger partial charge in [0.05, 0.1) is 12.1 Å². The van der Waals surface area contributed by atoms with E-state index in [9.17, 15) is 9.59 Å². The molecule has 134 valence electrons. The van der Waals surface area contributed by atoms with Crippen molar-refractivity contribution in [3.8, 4) is 5.75 Å². The molecule has 0 bridgehead atoms. The number of amides is 1. The van der Waals surface area contributed by atoms with Crippen molar-refractivity contribution in [2.24, 2.45) is 5.73 Å². The number of Topliss-reactive ketones (excluding diaryl/α,β-unsaturated/α-hetero) is 1. The van der Waals surface area contributed by atoms with Crippen LogP contribution in [0.1, 0.15) is 55.8 Å². The Morgan fingerprint density at radius 1 is 1.17 bits per heavy atom. The first-order chi connectivity index (χ1) is 11.1. The van der Waals surface area contributed by atoms with Crippen molar-refractivity contribution in [1.29, 1.82) is 0 Å². The maximum atomic E-state index is 12.2. The van der Waals surface area contributed by atoms with Gasteiger partial charge in [0.25, 0.3) is 0 Å². The monoisotopic (exact) mass is 354 g/mol. The van der Waals surface area contributed by atoms with Gasteiger partial charge >= 0.3 is 0 Å². The standard InChI is InChI=1S/C18H26N2O3.ClH/c1-2-23-15-7-5-14(6-8-15)16(21)9-10-17(22)20-18(13-19)11-3-4-12-18;/h5-8H,2-4,9-13,19H2,1H3,(H,20,22);1H. The average Bonchev–Trinajstić information content (AvgIpc) is 3.02. The molecule has 1 aromatic carbocycles. The molecule has 2 rings (SSSR count). The number of nitrogens with one attached hydrogen (secondary N) is 1. The third kappa shape index (κ3) is 5.49. The summed E-state index contributed by atoms with van der Waals surface area (Å²) in [5.74, 6) is 0.626. The lowest BCUT2D eigenvalue weighted by Crippen LogP contribution is -2.51. The second kappa shape index (κ2) is 9.64. The van der Waals surface area contributed by atoms with Crippen LogP contribution < -0.4 is 15.8 Å². The number of benzene rings is 1. The molecule has 0 heterocycles. The highest BCUT2D eigenvalue weighted by Gasteiger charge is 2.33. The van der Waals surface area contributed by atoms with Gasteiger partial charge in [0.2, 0.25) is 5.91 Å². The molecule has 1 amide bonds. The normalized spacial score (nSPS) is 15.4. The molecule has 1 aliphatic rings. The first-order valence-corrected chi connectivity index (χ1v) is 8.36. The molecule has 0 saturated heterocycles. The second-order valence-electron chi connectivity index (χ2n) is 6.12. The first-order valence-electron chi connectivity index (χ1n) is 8.36. The SMILES string of the molecule is CCOc1ccc(C(=O)CCC(=O)NC2(CN)CCCC2)cc1.Cl. The van der Waals surface area contributed by atoms with Gasteiger partial charge in [0, 0.05) is 24.9 Å². The van der Waals surface area contributed by atoms with Crippen molar-refractivity contribution >= 4 is 24.1 Å². The molecule has 0 aromatic heterocycles. The minimum absolute atomic E-state index is 0. The predicted molar refractivity (Wildman–Crippen MR) is 96.8 cm³/mol. The molecule has 3 N–H and O–H groups in total. The first kappa shape index (κ1) is 20.5. The van der Waals surface area contributed by atoms with Gasteiger partial charge in [0.1, 0.15) is 5.75 Å². The zero-order valence-electron chi connectivity index (χ0n) is 14.2. The molecule has 1 fully saturated rings.